The number of benzene rings is 4. The molecule has 4 atom stereocenters. The minimum atomic E-state index is -1.26. The van der Waals surface area contributed by atoms with Gasteiger partial charge < -0.3 is 39.8 Å². The molecular weight excluding hydrogens is 865 g/mol. The molecule has 4 aromatic rings. The number of ether oxygens (including phenoxy) is 4. The number of aryl methyl sites for hydroxylation is 1. The molecule has 2 aliphatic rings. The Morgan fingerprint density at radius 2 is 1.37 bits per heavy atom. The number of esters is 1. The molecule has 14 nitrogen and oxygen atoms in total. The average molecular weight is 931 g/mol. The SMILES string of the molecule is COC(=O)CCC(=O)CCc1ccc(CCNC(=O)[C@]2(C)CCCN2C(=O)[C@H](Cc2ccc(OC)cc2)NC(=O)[C@@H](NC(=O)OCC2c3ccccc3-c3ccccc32)[C@@H](C)OC(C)(C)C)cc1. The molecular formula is C54H66N4O10. The molecule has 0 unspecified atom stereocenters. The lowest BCUT2D eigenvalue weighted by Gasteiger charge is -2.37. The first-order valence-corrected chi connectivity index (χ1v) is 23.5. The zero-order chi connectivity index (χ0) is 49.0. The molecule has 4 amide bonds. The smallest absolute Gasteiger partial charge is 0.407 e. The van der Waals surface area contributed by atoms with Crippen LogP contribution in [0.25, 0.3) is 11.1 Å². The number of alkyl carbamates (subject to hydrolysis) is 1. The molecule has 1 aliphatic carbocycles. The first kappa shape index (κ1) is 50.9. The van der Waals surface area contributed by atoms with Gasteiger partial charge >= 0.3 is 12.1 Å². The minimum absolute atomic E-state index is 0.00264. The Kier molecular flexibility index (Phi) is 17.2. The maximum Gasteiger partial charge on any atom is 0.407 e. The molecule has 1 aliphatic heterocycles. The molecule has 6 rings (SSSR count). The van der Waals surface area contributed by atoms with E-state index in [2.05, 4.69) is 32.8 Å². The van der Waals surface area contributed by atoms with Crippen LogP contribution in [0.5, 0.6) is 5.75 Å². The maximum atomic E-state index is 14.8. The second-order valence-electron chi connectivity index (χ2n) is 18.8. The highest BCUT2D eigenvalue weighted by Gasteiger charge is 2.48. The molecule has 3 N–H and O–H groups in total. The molecule has 0 spiro atoms. The number of likely N-dealkylation sites (tertiary alicyclic amines) is 1. The van der Waals surface area contributed by atoms with Gasteiger partial charge in [0.05, 0.1) is 32.3 Å². The molecule has 1 heterocycles. The summed E-state index contributed by atoms with van der Waals surface area (Å²) < 4.78 is 22.1. The normalized spacial score (nSPS) is 16.7. The first-order chi connectivity index (χ1) is 32.5. The lowest BCUT2D eigenvalue weighted by atomic mass is 9.95. The van der Waals surface area contributed by atoms with E-state index in [0.29, 0.717) is 50.9 Å². The number of carbonyl (C=O) groups excluding carboxylic acids is 6. The highest BCUT2D eigenvalue weighted by Crippen LogP contribution is 2.44. The van der Waals surface area contributed by atoms with Crippen LogP contribution in [0.2, 0.25) is 0 Å². The fraction of sp³-hybridized carbons (Fsp3) is 0.444. The van der Waals surface area contributed by atoms with Gasteiger partial charge in [0.15, 0.2) is 0 Å². The van der Waals surface area contributed by atoms with Crippen LogP contribution in [-0.4, -0.2) is 104 Å². The second kappa shape index (κ2) is 23.0. The monoisotopic (exact) mass is 930 g/mol. The number of rotatable bonds is 21. The summed E-state index contributed by atoms with van der Waals surface area (Å²) in [5.41, 5.74) is 5.09. The van der Waals surface area contributed by atoms with Crippen molar-refractivity contribution >= 4 is 35.6 Å². The molecule has 14 heteroatoms. The number of carbonyl (C=O) groups is 6. The summed E-state index contributed by atoms with van der Waals surface area (Å²) in [7, 11) is 2.86. The van der Waals surface area contributed by atoms with Gasteiger partial charge in [-0.1, -0.05) is 84.9 Å². The molecule has 1 fully saturated rings. The van der Waals surface area contributed by atoms with E-state index in [0.717, 1.165) is 38.9 Å². The van der Waals surface area contributed by atoms with Gasteiger partial charge in [0.2, 0.25) is 17.7 Å². The van der Waals surface area contributed by atoms with Crippen molar-refractivity contribution in [3.05, 3.63) is 125 Å². The lowest BCUT2D eigenvalue weighted by Crippen LogP contribution is -2.62. The van der Waals surface area contributed by atoms with E-state index in [9.17, 15) is 28.8 Å². The van der Waals surface area contributed by atoms with Gasteiger partial charge in [-0.2, -0.15) is 0 Å². The lowest BCUT2D eigenvalue weighted by molar-refractivity contribution is -0.147. The first-order valence-electron chi connectivity index (χ1n) is 23.5. The summed E-state index contributed by atoms with van der Waals surface area (Å²) in [4.78, 5) is 82.3. The molecule has 0 saturated carbocycles. The highest BCUT2D eigenvalue weighted by molar-refractivity contribution is 5.96. The van der Waals surface area contributed by atoms with Crippen molar-refractivity contribution in [3.63, 3.8) is 0 Å². The van der Waals surface area contributed by atoms with Crippen molar-refractivity contribution in [2.45, 2.75) is 121 Å². The molecule has 0 bridgehead atoms. The number of nitrogens with zero attached hydrogens (tertiary/aromatic N) is 1. The number of Topliss-reactive ketones (excluding diaryl/α,β-unsaturated/α-hetero) is 1. The third-order valence-corrected chi connectivity index (χ3v) is 12.8. The Hall–Kier alpha value is -6.54. The van der Waals surface area contributed by atoms with Crippen molar-refractivity contribution in [2.24, 2.45) is 0 Å². The Morgan fingerprint density at radius 1 is 0.765 bits per heavy atom. The van der Waals surface area contributed by atoms with Crippen molar-refractivity contribution in [2.75, 3.05) is 33.9 Å². The average Bonchev–Trinajstić information content (AvgIpc) is 3.88. The van der Waals surface area contributed by atoms with Gasteiger partial charge in [0.1, 0.15) is 35.8 Å². The number of nitrogens with one attached hydrogen (secondary N) is 3. The summed E-state index contributed by atoms with van der Waals surface area (Å²) in [6.07, 6.45) is 1.08. The van der Waals surface area contributed by atoms with Crippen molar-refractivity contribution < 1.29 is 47.7 Å². The predicted molar refractivity (Wildman–Crippen MR) is 258 cm³/mol. The number of ketones is 1. The number of fused-ring (bicyclic) bond motifs is 3. The molecule has 1 saturated heterocycles. The molecule has 362 valence electrons. The van der Waals surface area contributed by atoms with E-state index in [1.54, 1.807) is 38.0 Å². The van der Waals surface area contributed by atoms with E-state index in [1.165, 1.54) is 7.11 Å². The van der Waals surface area contributed by atoms with E-state index < -0.39 is 53.2 Å². The molecule has 0 aromatic heterocycles. The number of hydrogen-bond donors (Lipinski definition) is 3. The largest absolute Gasteiger partial charge is 0.497 e. The van der Waals surface area contributed by atoms with Crippen LogP contribution < -0.4 is 20.7 Å². The van der Waals surface area contributed by atoms with Gasteiger partial charge in [-0.05, 0) is 111 Å². The van der Waals surface area contributed by atoms with Crippen LogP contribution >= 0.6 is 0 Å². The van der Waals surface area contributed by atoms with Crippen molar-refractivity contribution in [1.29, 1.82) is 0 Å². The van der Waals surface area contributed by atoms with Gasteiger partial charge in [-0.15, -0.1) is 0 Å². The second-order valence-corrected chi connectivity index (χ2v) is 18.8. The van der Waals surface area contributed by atoms with Crippen LogP contribution in [0, 0.1) is 0 Å². The van der Waals surface area contributed by atoms with Crippen LogP contribution in [0.1, 0.15) is 100 Å². The number of amides is 4. The maximum absolute atomic E-state index is 14.8. The molecule has 0 radical (unpaired) electrons. The summed E-state index contributed by atoms with van der Waals surface area (Å²) in [6.45, 7) is 9.65. The van der Waals surface area contributed by atoms with E-state index in [4.69, 9.17) is 14.2 Å². The zero-order valence-electron chi connectivity index (χ0n) is 40.4. The standard InChI is InChI=1S/C54H66N4O10/c1-35(68-53(2,3)4)48(57-52(64)67-34-45-43-15-10-8-13-41(43)42-14-9-11-16-44(42)45)49(61)56-46(33-38-22-26-40(65-6)27-23-38)50(62)58-32-12-30-54(58,5)51(63)55-31-29-37-19-17-36(18-20-37)21-24-39(59)25-28-47(60)66-7/h8-11,13-20,22-23,26-27,35,45-46,48H,12,21,24-25,28-34H2,1-7H3,(H,55,63)(H,56,61)(H,57,64)/t35-,46+,48+,54+/m1/s1. The minimum Gasteiger partial charge on any atom is -0.497 e. The third-order valence-electron chi connectivity index (χ3n) is 12.8. The quantitative estimate of drug-likeness (QED) is 0.0736. The fourth-order valence-corrected chi connectivity index (χ4v) is 9.12. The third kappa shape index (κ3) is 13.1. The van der Waals surface area contributed by atoms with Crippen LogP contribution in [-0.2, 0) is 57.4 Å². The Labute approximate surface area is 399 Å². The van der Waals surface area contributed by atoms with Crippen LogP contribution in [0.15, 0.2) is 97.1 Å². The summed E-state index contributed by atoms with van der Waals surface area (Å²) in [5, 5.41) is 8.78. The van der Waals surface area contributed by atoms with Crippen molar-refractivity contribution in [1.82, 2.24) is 20.9 Å². The van der Waals surface area contributed by atoms with Gasteiger partial charge in [0.25, 0.3) is 0 Å². The molecule has 4 aromatic carbocycles. The fourth-order valence-electron chi connectivity index (χ4n) is 9.12. The Bertz CT molecular complexity index is 2370. The highest BCUT2D eigenvalue weighted by atomic mass is 16.6. The topological polar surface area (TPSA) is 179 Å². The van der Waals surface area contributed by atoms with Gasteiger partial charge in [0, 0.05) is 38.3 Å². The Morgan fingerprint density at radius 3 is 1.97 bits per heavy atom. The zero-order valence-corrected chi connectivity index (χ0v) is 40.4. The van der Waals surface area contributed by atoms with E-state index >= 15 is 0 Å². The number of hydrogen-bond acceptors (Lipinski definition) is 10. The number of methoxy groups -OCH3 is 2. The summed E-state index contributed by atoms with van der Waals surface area (Å²) in [5.74, 6) is -1.37. The van der Waals surface area contributed by atoms with E-state index in [-0.39, 0.29) is 43.5 Å². The van der Waals surface area contributed by atoms with Crippen LogP contribution in [0.3, 0.4) is 0 Å². The van der Waals surface area contributed by atoms with Gasteiger partial charge in [-0.25, -0.2) is 4.79 Å². The summed E-state index contributed by atoms with van der Waals surface area (Å²) in [6, 6.07) is 28.7. The molecule has 68 heavy (non-hydrogen) atoms. The van der Waals surface area contributed by atoms with Crippen LogP contribution in [0.4, 0.5) is 4.79 Å². The van der Waals surface area contributed by atoms with E-state index in [1.807, 2.05) is 93.6 Å². The Balaban J connectivity index is 1.13. The predicted octanol–water partition coefficient (Wildman–Crippen LogP) is 7.03. The van der Waals surface area contributed by atoms with Crippen molar-refractivity contribution in [3.8, 4) is 16.9 Å². The van der Waals surface area contributed by atoms with Gasteiger partial charge in [-0.3, -0.25) is 24.0 Å². The summed E-state index contributed by atoms with van der Waals surface area (Å²) >= 11 is 0.